The minimum absolute atomic E-state index is 0.0377. The van der Waals surface area contributed by atoms with Crippen LogP contribution in [0.1, 0.15) is 29.6 Å². The van der Waals surface area contributed by atoms with E-state index in [1.165, 1.54) is 0 Å². The molecule has 0 spiro atoms. The van der Waals surface area contributed by atoms with Crippen molar-refractivity contribution >= 4 is 5.91 Å². The van der Waals surface area contributed by atoms with Crippen molar-refractivity contribution in [3.8, 4) is 5.75 Å². The number of aliphatic hydroxyl groups excluding tert-OH is 1. The van der Waals surface area contributed by atoms with Crippen LogP contribution in [0.3, 0.4) is 0 Å². The van der Waals surface area contributed by atoms with Gasteiger partial charge in [-0.2, -0.15) is 0 Å². The van der Waals surface area contributed by atoms with Crippen molar-refractivity contribution in [3.05, 3.63) is 78.4 Å². The number of carbonyl (C=O) groups excluding carboxylic acids is 1. The molecule has 2 N–H and O–H groups in total. The maximum atomic E-state index is 12.1. The third-order valence-electron chi connectivity index (χ3n) is 3.91. The van der Waals surface area contributed by atoms with Gasteiger partial charge in [-0.1, -0.05) is 48.5 Å². The molecule has 4 heteroatoms. The summed E-state index contributed by atoms with van der Waals surface area (Å²) in [5.41, 5.74) is 1.79. The number of aliphatic hydroxyl groups is 1. The molecule has 0 saturated carbocycles. The van der Waals surface area contributed by atoms with Crippen LogP contribution in [0.5, 0.6) is 5.75 Å². The molecule has 0 aromatic heterocycles. The zero-order valence-corrected chi connectivity index (χ0v) is 13.8. The quantitative estimate of drug-likeness (QED) is 0.733. The monoisotopic (exact) mass is 325 g/mol. The van der Waals surface area contributed by atoms with Gasteiger partial charge < -0.3 is 15.2 Å². The van der Waals surface area contributed by atoms with Crippen LogP contribution in [-0.2, 0) is 4.79 Å². The molecule has 0 heterocycles. The molecular formula is C20H23NO3. The van der Waals surface area contributed by atoms with E-state index in [4.69, 9.17) is 4.74 Å². The van der Waals surface area contributed by atoms with Crippen molar-refractivity contribution in [1.29, 1.82) is 0 Å². The van der Waals surface area contributed by atoms with Crippen LogP contribution in [0.2, 0.25) is 0 Å². The van der Waals surface area contributed by atoms with Crippen molar-refractivity contribution < 1.29 is 14.6 Å². The van der Waals surface area contributed by atoms with E-state index in [1.54, 1.807) is 37.5 Å². The summed E-state index contributed by atoms with van der Waals surface area (Å²) in [7, 11) is 1.59. The van der Waals surface area contributed by atoms with Gasteiger partial charge in [0.25, 0.3) is 0 Å². The fraction of sp³-hybridized carbons (Fsp3) is 0.250. The van der Waals surface area contributed by atoms with Crippen molar-refractivity contribution in [2.24, 2.45) is 0 Å². The Morgan fingerprint density at radius 3 is 2.42 bits per heavy atom. The Hall–Kier alpha value is -2.59. The number of methoxy groups -OCH3 is 1. The van der Waals surface area contributed by atoms with E-state index in [2.05, 4.69) is 11.9 Å². The van der Waals surface area contributed by atoms with Crippen molar-refractivity contribution in [2.45, 2.75) is 18.4 Å². The van der Waals surface area contributed by atoms with E-state index < -0.39 is 6.10 Å². The van der Waals surface area contributed by atoms with Crippen molar-refractivity contribution in [1.82, 2.24) is 5.32 Å². The molecule has 0 aliphatic carbocycles. The number of amides is 1. The molecule has 0 aliphatic rings. The van der Waals surface area contributed by atoms with Crippen LogP contribution in [0, 0.1) is 0 Å². The first-order chi connectivity index (χ1) is 11.6. The van der Waals surface area contributed by atoms with Gasteiger partial charge in [0.05, 0.1) is 13.2 Å². The van der Waals surface area contributed by atoms with Gasteiger partial charge in [0.15, 0.2) is 0 Å². The van der Waals surface area contributed by atoms with Crippen molar-refractivity contribution in [3.63, 3.8) is 0 Å². The maximum Gasteiger partial charge on any atom is 0.221 e. The largest absolute Gasteiger partial charge is 0.497 e. The average Bonchev–Trinajstić information content (AvgIpc) is 2.65. The predicted octanol–water partition coefficient (Wildman–Crippen LogP) is 3.20. The van der Waals surface area contributed by atoms with Gasteiger partial charge in [0.2, 0.25) is 5.91 Å². The first-order valence-electron chi connectivity index (χ1n) is 7.90. The first-order valence-corrected chi connectivity index (χ1v) is 7.90. The second-order valence-electron chi connectivity index (χ2n) is 5.55. The Kier molecular flexibility index (Phi) is 6.58. The SMILES string of the molecule is C=CC(CC(=O)NCC(O)c1ccc(OC)cc1)c1ccccc1. The first kappa shape index (κ1) is 17.8. The van der Waals surface area contributed by atoms with Crippen LogP contribution in [0.4, 0.5) is 0 Å². The molecule has 2 unspecified atom stereocenters. The number of rotatable bonds is 8. The summed E-state index contributed by atoms with van der Waals surface area (Å²) in [5.74, 6) is 0.576. The smallest absolute Gasteiger partial charge is 0.221 e. The van der Waals surface area contributed by atoms with E-state index >= 15 is 0 Å². The predicted molar refractivity (Wildman–Crippen MR) is 95.0 cm³/mol. The number of carbonyl (C=O) groups is 1. The van der Waals surface area contributed by atoms with Gasteiger partial charge >= 0.3 is 0 Å². The molecule has 126 valence electrons. The Morgan fingerprint density at radius 1 is 1.17 bits per heavy atom. The average molecular weight is 325 g/mol. The highest BCUT2D eigenvalue weighted by molar-refractivity contribution is 5.77. The Balaban J connectivity index is 1.86. The molecule has 0 saturated heterocycles. The molecule has 0 fully saturated rings. The highest BCUT2D eigenvalue weighted by atomic mass is 16.5. The van der Waals surface area contributed by atoms with Gasteiger partial charge in [-0.3, -0.25) is 4.79 Å². The summed E-state index contributed by atoms with van der Waals surface area (Å²) in [6.07, 6.45) is 1.33. The van der Waals surface area contributed by atoms with Crippen LogP contribution in [0.15, 0.2) is 67.3 Å². The number of ether oxygens (including phenoxy) is 1. The molecule has 1 amide bonds. The highest BCUT2D eigenvalue weighted by Gasteiger charge is 2.14. The minimum Gasteiger partial charge on any atom is -0.497 e. The lowest BCUT2D eigenvalue weighted by Gasteiger charge is -2.15. The molecule has 4 nitrogen and oxygen atoms in total. The van der Waals surface area contributed by atoms with Crippen LogP contribution >= 0.6 is 0 Å². The van der Waals surface area contributed by atoms with Crippen LogP contribution < -0.4 is 10.1 Å². The van der Waals surface area contributed by atoms with E-state index in [1.807, 2.05) is 30.3 Å². The molecule has 2 aromatic carbocycles. The Morgan fingerprint density at radius 2 is 1.83 bits per heavy atom. The molecule has 0 aliphatic heterocycles. The standard InChI is InChI=1S/C20H23NO3/c1-3-15(16-7-5-4-6-8-16)13-20(23)21-14-19(22)17-9-11-18(24-2)12-10-17/h3-12,15,19,22H,1,13-14H2,2H3,(H,21,23). The fourth-order valence-electron chi connectivity index (χ4n) is 2.46. The fourth-order valence-corrected chi connectivity index (χ4v) is 2.46. The lowest BCUT2D eigenvalue weighted by molar-refractivity contribution is -0.121. The number of hydrogen-bond donors (Lipinski definition) is 2. The minimum atomic E-state index is -0.751. The van der Waals surface area contributed by atoms with Crippen molar-refractivity contribution in [2.75, 3.05) is 13.7 Å². The summed E-state index contributed by atoms with van der Waals surface area (Å²) in [4.78, 5) is 12.1. The summed E-state index contributed by atoms with van der Waals surface area (Å²) < 4.78 is 5.08. The summed E-state index contributed by atoms with van der Waals surface area (Å²) >= 11 is 0. The third-order valence-corrected chi connectivity index (χ3v) is 3.91. The van der Waals surface area contributed by atoms with E-state index in [9.17, 15) is 9.90 Å². The normalized spacial score (nSPS) is 12.9. The topological polar surface area (TPSA) is 58.6 Å². The molecule has 0 bridgehead atoms. The zero-order valence-electron chi connectivity index (χ0n) is 13.8. The Labute approximate surface area is 142 Å². The van der Waals surface area contributed by atoms with E-state index in [-0.39, 0.29) is 18.4 Å². The third kappa shape index (κ3) is 4.96. The molecule has 0 radical (unpaired) electrons. The number of hydrogen-bond acceptors (Lipinski definition) is 3. The highest BCUT2D eigenvalue weighted by Crippen LogP contribution is 2.21. The molecule has 2 atom stereocenters. The second-order valence-corrected chi connectivity index (χ2v) is 5.55. The molecular weight excluding hydrogens is 302 g/mol. The summed E-state index contributed by atoms with van der Waals surface area (Å²) in [6, 6.07) is 16.9. The molecule has 2 aromatic rings. The van der Waals surface area contributed by atoms with Gasteiger partial charge in [-0.05, 0) is 23.3 Å². The lowest BCUT2D eigenvalue weighted by atomic mass is 9.95. The summed E-state index contributed by atoms with van der Waals surface area (Å²) in [6.45, 7) is 3.98. The van der Waals surface area contributed by atoms with Gasteiger partial charge in [-0.15, -0.1) is 6.58 Å². The number of nitrogens with one attached hydrogen (secondary N) is 1. The molecule has 2 rings (SSSR count). The lowest BCUT2D eigenvalue weighted by Crippen LogP contribution is -2.29. The van der Waals surface area contributed by atoms with Crippen LogP contribution in [0.25, 0.3) is 0 Å². The number of allylic oxidation sites excluding steroid dienone is 1. The van der Waals surface area contributed by atoms with Crippen LogP contribution in [-0.4, -0.2) is 24.7 Å². The number of benzene rings is 2. The summed E-state index contributed by atoms with van der Waals surface area (Å²) in [5, 5.41) is 12.9. The van der Waals surface area contributed by atoms with Gasteiger partial charge in [-0.25, -0.2) is 0 Å². The maximum absolute atomic E-state index is 12.1. The molecule has 24 heavy (non-hydrogen) atoms. The zero-order chi connectivity index (χ0) is 17.4. The second kappa shape index (κ2) is 8.89. The van der Waals surface area contributed by atoms with Gasteiger partial charge in [0.1, 0.15) is 5.75 Å². The van der Waals surface area contributed by atoms with E-state index in [0.717, 1.165) is 16.9 Å². The van der Waals surface area contributed by atoms with Gasteiger partial charge in [0, 0.05) is 18.9 Å². The Bertz CT molecular complexity index is 652. The van der Waals surface area contributed by atoms with E-state index in [0.29, 0.717) is 6.42 Å².